The van der Waals surface area contributed by atoms with Gasteiger partial charge in [-0.3, -0.25) is 4.79 Å². The lowest BCUT2D eigenvalue weighted by molar-refractivity contribution is 0.0932. The maximum absolute atomic E-state index is 11.8. The van der Waals surface area contributed by atoms with Gasteiger partial charge in [-0.2, -0.15) is 0 Å². The first-order valence-electron chi connectivity index (χ1n) is 7.15. The third kappa shape index (κ3) is 4.16. The van der Waals surface area contributed by atoms with Crippen LogP contribution in [0.5, 0.6) is 0 Å². The monoisotopic (exact) mass is 278 g/mol. The van der Waals surface area contributed by atoms with Crippen molar-refractivity contribution in [2.45, 2.75) is 25.7 Å². The Hall–Kier alpha value is -1.69. The molecule has 6 nitrogen and oxygen atoms in total. The van der Waals surface area contributed by atoms with Crippen LogP contribution in [-0.2, 0) is 4.74 Å². The fourth-order valence-corrected chi connectivity index (χ4v) is 2.26. The van der Waals surface area contributed by atoms with Crippen LogP contribution >= 0.6 is 0 Å². The number of hydrogen-bond acceptors (Lipinski definition) is 5. The molecule has 0 bridgehead atoms. The van der Waals surface area contributed by atoms with E-state index in [1.807, 2.05) is 0 Å². The topological polar surface area (TPSA) is 67.3 Å². The van der Waals surface area contributed by atoms with Crippen molar-refractivity contribution in [1.29, 1.82) is 0 Å². The molecule has 110 valence electrons. The minimum atomic E-state index is -0.211. The van der Waals surface area contributed by atoms with Crippen LogP contribution in [-0.4, -0.2) is 49.2 Å². The molecule has 1 amide bonds. The quantitative estimate of drug-likeness (QED) is 0.821. The Morgan fingerprint density at radius 2 is 2.00 bits per heavy atom. The number of carbonyl (C=O) groups excluding carboxylic acids is 1. The molecule has 0 aliphatic carbocycles. The molecule has 1 aliphatic heterocycles. The molecule has 1 aromatic rings. The van der Waals surface area contributed by atoms with Crippen molar-refractivity contribution >= 4 is 11.7 Å². The fourth-order valence-electron chi connectivity index (χ4n) is 2.26. The molecule has 1 N–H and O–H groups in total. The first kappa shape index (κ1) is 14.7. The van der Waals surface area contributed by atoms with Crippen LogP contribution in [0.3, 0.4) is 0 Å². The second-order valence-electron chi connectivity index (χ2n) is 4.91. The molecule has 1 aromatic heterocycles. The number of anilines is 1. The van der Waals surface area contributed by atoms with Crippen LogP contribution < -0.4 is 10.2 Å². The summed E-state index contributed by atoms with van der Waals surface area (Å²) in [6.07, 6.45) is 8.19. The largest absolute Gasteiger partial charge is 0.383 e. The lowest BCUT2D eigenvalue weighted by Crippen LogP contribution is -2.29. The van der Waals surface area contributed by atoms with Crippen LogP contribution in [0, 0.1) is 0 Å². The average molecular weight is 278 g/mol. The van der Waals surface area contributed by atoms with Gasteiger partial charge in [0, 0.05) is 26.7 Å². The summed E-state index contributed by atoms with van der Waals surface area (Å²) < 4.78 is 4.88. The fraction of sp³-hybridized carbons (Fsp3) is 0.643. The molecule has 0 unspecified atom stereocenters. The number of ether oxygens (including phenoxy) is 1. The summed E-state index contributed by atoms with van der Waals surface area (Å²) in [5.74, 6) is 0.650. The van der Waals surface area contributed by atoms with Crippen LogP contribution in [0.4, 0.5) is 5.82 Å². The van der Waals surface area contributed by atoms with Gasteiger partial charge in [-0.15, -0.1) is 0 Å². The number of methoxy groups -OCH3 is 1. The minimum absolute atomic E-state index is 0.211. The molecule has 0 spiro atoms. The van der Waals surface area contributed by atoms with Crippen LogP contribution in [0.25, 0.3) is 0 Å². The smallest absolute Gasteiger partial charge is 0.271 e. The zero-order valence-corrected chi connectivity index (χ0v) is 12.0. The van der Waals surface area contributed by atoms with Gasteiger partial charge in [0.1, 0.15) is 11.5 Å². The molecule has 0 aromatic carbocycles. The summed E-state index contributed by atoms with van der Waals surface area (Å²) in [6, 6.07) is 0. The summed E-state index contributed by atoms with van der Waals surface area (Å²) in [7, 11) is 1.60. The normalized spacial score (nSPS) is 15.8. The van der Waals surface area contributed by atoms with Crippen LogP contribution in [0.1, 0.15) is 36.2 Å². The summed E-state index contributed by atoms with van der Waals surface area (Å²) in [5.41, 5.74) is 0.347. The van der Waals surface area contributed by atoms with E-state index in [4.69, 9.17) is 4.74 Å². The molecule has 1 fully saturated rings. The van der Waals surface area contributed by atoms with Crippen molar-refractivity contribution in [2.75, 3.05) is 38.3 Å². The van der Waals surface area contributed by atoms with Crippen molar-refractivity contribution in [3.8, 4) is 0 Å². The lowest BCUT2D eigenvalue weighted by atomic mass is 10.2. The highest BCUT2D eigenvalue weighted by atomic mass is 16.5. The number of hydrogen-bond donors (Lipinski definition) is 1. The van der Waals surface area contributed by atoms with E-state index in [-0.39, 0.29) is 5.91 Å². The van der Waals surface area contributed by atoms with Gasteiger partial charge < -0.3 is 15.0 Å². The van der Waals surface area contributed by atoms with Gasteiger partial charge in [-0.25, -0.2) is 9.97 Å². The second kappa shape index (κ2) is 7.79. The minimum Gasteiger partial charge on any atom is -0.383 e. The summed E-state index contributed by atoms with van der Waals surface area (Å²) in [4.78, 5) is 22.6. The second-order valence-corrected chi connectivity index (χ2v) is 4.91. The predicted molar refractivity (Wildman–Crippen MR) is 76.9 cm³/mol. The Bertz CT molecular complexity index is 414. The lowest BCUT2D eigenvalue weighted by Gasteiger charge is -2.20. The Kier molecular flexibility index (Phi) is 5.73. The van der Waals surface area contributed by atoms with Crippen molar-refractivity contribution in [2.24, 2.45) is 0 Å². The predicted octanol–water partition coefficient (Wildman–Crippen LogP) is 1.23. The van der Waals surface area contributed by atoms with E-state index in [2.05, 4.69) is 20.2 Å². The molecule has 20 heavy (non-hydrogen) atoms. The molecule has 2 rings (SSSR count). The molecular formula is C14H22N4O2. The Morgan fingerprint density at radius 1 is 1.25 bits per heavy atom. The van der Waals surface area contributed by atoms with E-state index in [1.165, 1.54) is 25.7 Å². The van der Waals surface area contributed by atoms with Crippen LogP contribution in [0.15, 0.2) is 12.4 Å². The Balaban J connectivity index is 1.93. The first-order chi connectivity index (χ1) is 9.81. The van der Waals surface area contributed by atoms with E-state index in [1.54, 1.807) is 19.5 Å². The van der Waals surface area contributed by atoms with Gasteiger partial charge in [-0.1, -0.05) is 12.8 Å². The molecule has 1 aliphatic rings. The molecule has 1 saturated heterocycles. The number of rotatable bonds is 5. The molecule has 2 heterocycles. The van der Waals surface area contributed by atoms with E-state index < -0.39 is 0 Å². The van der Waals surface area contributed by atoms with Gasteiger partial charge >= 0.3 is 0 Å². The molecule has 6 heteroatoms. The maximum atomic E-state index is 11.8. The average Bonchev–Trinajstić information content (AvgIpc) is 2.77. The summed E-state index contributed by atoms with van der Waals surface area (Å²) in [6.45, 7) is 3.01. The summed E-state index contributed by atoms with van der Waals surface area (Å²) >= 11 is 0. The van der Waals surface area contributed by atoms with E-state index in [0.717, 1.165) is 18.9 Å². The number of nitrogens with zero attached hydrogens (tertiary/aromatic N) is 3. The van der Waals surface area contributed by atoms with Gasteiger partial charge in [0.15, 0.2) is 0 Å². The third-order valence-corrected chi connectivity index (χ3v) is 3.39. The molecule has 0 saturated carbocycles. The van der Waals surface area contributed by atoms with E-state index >= 15 is 0 Å². The standard InChI is InChI=1S/C14H22N4O2/c1-20-9-6-15-14(19)12-10-17-13(11-16-12)18-7-4-2-3-5-8-18/h10-11H,2-9H2,1H3,(H,15,19). The number of amides is 1. The molecular weight excluding hydrogens is 256 g/mol. The van der Waals surface area contributed by atoms with Gasteiger partial charge in [0.2, 0.25) is 0 Å². The van der Waals surface area contributed by atoms with Gasteiger partial charge in [0.25, 0.3) is 5.91 Å². The maximum Gasteiger partial charge on any atom is 0.271 e. The highest BCUT2D eigenvalue weighted by Gasteiger charge is 2.13. The molecule has 0 radical (unpaired) electrons. The Labute approximate surface area is 119 Å². The van der Waals surface area contributed by atoms with Crippen LogP contribution in [0.2, 0.25) is 0 Å². The number of aromatic nitrogens is 2. The van der Waals surface area contributed by atoms with Gasteiger partial charge in [-0.05, 0) is 12.8 Å². The number of nitrogens with one attached hydrogen (secondary N) is 1. The SMILES string of the molecule is COCCNC(=O)c1cnc(N2CCCCCC2)cn1. The summed E-state index contributed by atoms with van der Waals surface area (Å²) in [5, 5.41) is 2.73. The van der Waals surface area contributed by atoms with Crippen molar-refractivity contribution in [3.05, 3.63) is 18.1 Å². The van der Waals surface area contributed by atoms with Crippen molar-refractivity contribution in [1.82, 2.24) is 15.3 Å². The van der Waals surface area contributed by atoms with Crippen molar-refractivity contribution in [3.63, 3.8) is 0 Å². The Morgan fingerprint density at radius 3 is 2.60 bits per heavy atom. The highest BCUT2D eigenvalue weighted by molar-refractivity contribution is 5.91. The van der Waals surface area contributed by atoms with Gasteiger partial charge in [0.05, 0.1) is 19.0 Å². The zero-order chi connectivity index (χ0) is 14.2. The van der Waals surface area contributed by atoms with E-state index in [9.17, 15) is 4.79 Å². The zero-order valence-electron chi connectivity index (χ0n) is 12.0. The number of carbonyl (C=O) groups is 1. The van der Waals surface area contributed by atoms with Crippen molar-refractivity contribution < 1.29 is 9.53 Å². The third-order valence-electron chi connectivity index (χ3n) is 3.39. The first-order valence-corrected chi connectivity index (χ1v) is 7.15. The molecule has 0 atom stereocenters. The highest BCUT2D eigenvalue weighted by Crippen LogP contribution is 2.16. The van der Waals surface area contributed by atoms with E-state index in [0.29, 0.717) is 18.8 Å².